The Balaban J connectivity index is 4.75. The molecule has 0 aromatic heterocycles. The number of hydrogen-bond donors (Lipinski definition) is 5. The van der Waals surface area contributed by atoms with Gasteiger partial charge in [0.1, 0.15) is 12.1 Å². The van der Waals surface area contributed by atoms with Gasteiger partial charge in [0.05, 0.1) is 12.6 Å². The Hall–Kier alpha value is -2.16. The largest absolute Gasteiger partial charge is 0.480 e. The fourth-order valence-electron chi connectivity index (χ4n) is 2.20. The second-order valence-electron chi connectivity index (χ2n) is 6.97. The zero-order valence-corrected chi connectivity index (χ0v) is 16.2. The van der Waals surface area contributed by atoms with E-state index in [0.717, 1.165) is 0 Å². The molecule has 26 heavy (non-hydrogen) atoms. The van der Waals surface area contributed by atoms with E-state index in [1.165, 1.54) is 6.92 Å². The third-order valence-electron chi connectivity index (χ3n) is 3.97. The Morgan fingerprint density at radius 3 is 2.00 bits per heavy atom. The summed E-state index contributed by atoms with van der Waals surface area (Å²) in [6.07, 6.45) is 0.972. The summed E-state index contributed by atoms with van der Waals surface area (Å²) in [4.78, 5) is 47.2. The molecule has 0 spiro atoms. The number of carbonyl (C=O) groups is 4. The molecule has 150 valence electrons. The van der Waals surface area contributed by atoms with Crippen LogP contribution in [0.25, 0.3) is 0 Å². The average Bonchev–Trinajstić information content (AvgIpc) is 2.55. The van der Waals surface area contributed by atoms with E-state index in [9.17, 15) is 24.3 Å². The highest BCUT2D eigenvalue weighted by atomic mass is 16.4. The fraction of sp³-hybridized carbons (Fsp3) is 0.765. The maximum Gasteiger partial charge on any atom is 0.326 e. The smallest absolute Gasteiger partial charge is 0.326 e. The van der Waals surface area contributed by atoms with Crippen LogP contribution >= 0.6 is 0 Å². The number of nitrogens with two attached hydrogens (primary N) is 1. The molecule has 9 heteroatoms. The third kappa shape index (κ3) is 8.80. The number of hydrogen-bond acceptors (Lipinski definition) is 5. The number of aliphatic carboxylic acids is 1. The highest BCUT2D eigenvalue weighted by Gasteiger charge is 2.27. The number of amides is 3. The van der Waals surface area contributed by atoms with Gasteiger partial charge in [-0.15, -0.1) is 0 Å². The van der Waals surface area contributed by atoms with Crippen molar-refractivity contribution in [1.29, 1.82) is 0 Å². The monoisotopic (exact) mass is 372 g/mol. The van der Waals surface area contributed by atoms with Gasteiger partial charge in [0.2, 0.25) is 17.7 Å². The van der Waals surface area contributed by atoms with Crippen LogP contribution < -0.4 is 21.7 Å². The van der Waals surface area contributed by atoms with E-state index >= 15 is 0 Å². The van der Waals surface area contributed by atoms with Gasteiger partial charge in [-0.25, -0.2) is 4.79 Å². The molecule has 0 fully saturated rings. The lowest BCUT2D eigenvalue weighted by molar-refractivity contribution is -0.143. The summed E-state index contributed by atoms with van der Waals surface area (Å²) in [5, 5.41) is 16.6. The molecular formula is C17H32N4O5. The van der Waals surface area contributed by atoms with Crippen LogP contribution in [0.4, 0.5) is 0 Å². The summed E-state index contributed by atoms with van der Waals surface area (Å²) in [6, 6.07) is -2.59. The van der Waals surface area contributed by atoms with E-state index in [2.05, 4.69) is 16.0 Å². The van der Waals surface area contributed by atoms with Crippen LogP contribution in [-0.2, 0) is 19.2 Å². The van der Waals surface area contributed by atoms with Gasteiger partial charge in [-0.05, 0) is 25.2 Å². The first-order valence-corrected chi connectivity index (χ1v) is 8.85. The third-order valence-corrected chi connectivity index (χ3v) is 3.97. The molecule has 0 radical (unpaired) electrons. The van der Waals surface area contributed by atoms with Crippen molar-refractivity contribution in [3.8, 4) is 0 Å². The van der Waals surface area contributed by atoms with Gasteiger partial charge in [0.25, 0.3) is 0 Å². The van der Waals surface area contributed by atoms with E-state index in [0.29, 0.717) is 12.8 Å². The number of carbonyl (C=O) groups excluding carboxylic acids is 3. The Morgan fingerprint density at radius 1 is 1.00 bits per heavy atom. The second kappa shape index (κ2) is 11.5. The van der Waals surface area contributed by atoms with E-state index in [-0.39, 0.29) is 18.4 Å². The first-order chi connectivity index (χ1) is 12.0. The highest BCUT2D eigenvalue weighted by molar-refractivity contribution is 5.92. The summed E-state index contributed by atoms with van der Waals surface area (Å²) in [5.41, 5.74) is 5.50. The summed E-state index contributed by atoms with van der Waals surface area (Å²) >= 11 is 0. The normalized spacial score (nSPS) is 15.5. The van der Waals surface area contributed by atoms with E-state index in [1.807, 2.05) is 20.8 Å². The molecule has 0 aliphatic carbocycles. The van der Waals surface area contributed by atoms with E-state index in [4.69, 9.17) is 5.73 Å². The molecule has 0 bridgehead atoms. The minimum absolute atomic E-state index is 0.134. The fourth-order valence-corrected chi connectivity index (χ4v) is 2.20. The van der Waals surface area contributed by atoms with Crippen LogP contribution in [-0.4, -0.2) is 53.5 Å². The molecule has 0 saturated heterocycles. The summed E-state index contributed by atoms with van der Waals surface area (Å²) in [7, 11) is 0. The molecule has 0 aliphatic rings. The zero-order chi connectivity index (χ0) is 20.4. The van der Waals surface area contributed by atoms with Crippen molar-refractivity contribution in [2.24, 2.45) is 17.6 Å². The Labute approximate surface area is 154 Å². The molecule has 0 saturated carbocycles. The molecule has 0 heterocycles. The lowest BCUT2D eigenvalue weighted by Crippen LogP contribution is -2.53. The Bertz CT molecular complexity index is 507. The molecule has 0 aliphatic heterocycles. The van der Waals surface area contributed by atoms with E-state index < -0.39 is 41.8 Å². The number of nitrogens with one attached hydrogen (secondary N) is 3. The molecule has 6 N–H and O–H groups in total. The van der Waals surface area contributed by atoms with Gasteiger partial charge in [0, 0.05) is 0 Å². The molecule has 9 nitrogen and oxygen atoms in total. The topological polar surface area (TPSA) is 151 Å². The van der Waals surface area contributed by atoms with Crippen LogP contribution in [0.2, 0.25) is 0 Å². The molecule has 3 amide bonds. The summed E-state index contributed by atoms with van der Waals surface area (Å²) in [6.45, 7) is 8.48. The maximum absolute atomic E-state index is 12.3. The number of carboxylic acid groups (broad SMARTS) is 1. The minimum atomic E-state index is -1.12. The van der Waals surface area contributed by atoms with Crippen molar-refractivity contribution in [2.45, 2.75) is 65.6 Å². The van der Waals surface area contributed by atoms with Crippen molar-refractivity contribution < 1.29 is 24.3 Å². The quantitative estimate of drug-likeness (QED) is 0.333. The molecular weight excluding hydrogens is 340 g/mol. The SMILES string of the molecule is CCC(C)C(NC(=O)CNC(=O)C(CC(C)C)NC(=O)C(C)N)C(=O)O. The number of carboxylic acids is 1. The molecule has 0 aromatic carbocycles. The van der Waals surface area contributed by atoms with Crippen LogP contribution in [0.1, 0.15) is 47.5 Å². The Kier molecular flexibility index (Phi) is 10.5. The first-order valence-electron chi connectivity index (χ1n) is 8.85. The van der Waals surface area contributed by atoms with Crippen molar-refractivity contribution in [1.82, 2.24) is 16.0 Å². The second-order valence-corrected chi connectivity index (χ2v) is 6.97. The average molecular weight is 372 g/mol. The van der Waals surface area contributed by atoms with Gasteiger partial charge >= 0.3 is 5.97 Å². The highest BCUT2D eigenvalue weighted by Crippen LogP contribution is 2.08. The Morgan fingerprint density at radius 2 is 1.58 bits per heavy atom. The molecule has 4 atom stereocenters. The van der Waals surface area contributed by atoms with Gasteiger partial charge < -0.3 is 26.8 Å². The summed E-state index contributed by atoms with van der Waals surface area (Å²) < 4.78 is 0. The predicted octanol–water partition coefficient (Wildman–Crippen LogP) is -0.404. The van der Waals surface area contributed by atoms with Gasteiger partial charge in [0.15, 0.2) is 0 Å². The van der Waals surface area contributed by atoms with Crippen molar-refractivity contribution in [2.75, 3.05) is 6.54 Å². The van der Waals surface area contributed by atoms with Gasteiger partial charge in [-0.3, -0.25) is 14.4 Å². The van der Waals surface area contributed by atoms with Crippen LogP contribution in [0.5, 0.6) is 0 Å². The minimum Gasteiger partial charge on any atom is -0.480 e. The van der Waals surface area contributed by atoms with E-state index in [1.54, 1.807) is 6.92 Å². The molecule has 0 aromatic rings. The van der Waals surface area contributed by atoms with Gasteiger partial charge in [-0.2, -0.15) is 0 Å². The molecule has 0 rings (SSSR count). The number of rotatable bonds is 11. The van der Waals surface area contributed by atoms with Crippen molar-refractivity contribution in [3.05, 3.63) is 0 Å². The zero-order valence-electron chi connectivity index (χ0n) is 16.2. The van der Waals surface area contributed by atoms with Gasteiger partial charge in [-0.1, -0.05) is 34.1 Å². The summed E-state index contributed by atoms with van der Waals surface area (Å²) in [5.74, 6) is -2.81. The maximum atomic E-state index is 12.3. The van der Waals surface area contributed by atoms with Crippen molar-refractivity contribution in [3.63, 3.8) is 0 Å². The predicted molar refractivity (Wildman–Crippen MR) is 97.1 cm³/mol. The van der Waals surface area contributed by atoms with Crippen molar-refractivity contribution >= 4 is 23.7 Å². The van der Waals surface area contributed by atoms with Crippen LogP contribution in [0.3, 0.4) is 0 Å². The first kappa shape index (κ1) is 23.8. The molecule has 4 unspecified atom stereocenters. The lowest BCUT2D eigenvalue weighted by Gasteiger charge is -2.22. The van der Waals surface area contributed by atoms with Crippen LogP contribution in [0, 0.1) is 11.8 Å². The standard InChI is InChI=1S/C17H32N4O5/c1-6-10(4)14(17(25)26)21-13(22)8-19-16(24)12(7-9(2)3)20-15(23)11(5)18/h9-12,14H,6-8,18H2,1-5H3,(H,19,24)(H,20,23)(H,21,22)(H,25,26). The lowest BCUT2D eigenvalue weighted by atomic mass is 9.99. The van der Waals surface area contributed by atoms with Crippen LogP contribution in [0.15, 0.2) is 0 Å².